The van der Waals surface area contributed by atoms with E-state index in [1.165, 1.54) is 6.33 Å². The van der Waals surface area contributed by atoms with Gasteiger partial charge in [-0.05, 0) is 48.9 Å². The Morgan fingerprint density at radius 2 is 1.77 bits per heavy atom. The van der Waals surface area contributed by atoms with Crippen LogP contribution in [0.2, 0.25) is 5.02 Å². The summed E-state index contributed by atoms with van der Waals surface area (Å²) in [6.07, 6.45) is 3.29. The summed E-state index contributed by atoms with van der Waals surface area (Å²) in [5.74, 6) is 2.82. The van der Waals surface area contributed by atoms with Crippen molar-refractivity contribution in [3.63, 3.8) is 0 Å². The van der Waals surface area contributed by atoms with Gasteiger partial charge in [-0.25, -0.2) is 15.0 Å². The van der Waals surface area contributed by atoms with E-state index in [1.54, 1.807) is 30.5 Å². The Labute approximate surface area is 185 Å². The summed E-state index contributed by atoms with van der Waals surface area (Å²) in [5.41, 5.74) is 1.12. The highest BCUT2D eigenvalue weighted by Gasteiger charge is 2.22. The largest absolute Gasteiger partial charge is 0.484 e. The molecule has 0 spiro atoms. The molecule has 0 radical (unpaired) electrons. The van der Waals surface area contributed by atoms with Crippen molar-refractivity contribution in [3.8, 4) is 5.75 Å². The quantitative estimate of drug-likeness (QED) is 0.632. The van der Waals surface area contributed by atoms with E-state index in [2.05, 4.69) is 25.2 Å². The Balaban J connectivity index is 1.30. The first kappa shape index (κ1) is 20.9. The number of nitrogens with one attached hydrogen (secondary N) is 1. The number of hydrogen-bond acceptors (Lipinski definition) is 7. The lowest BCUT2D eigenvalue weighted by Gasteiger charge is -2.35. The average Bonchev–Trinajstić information content (AvgIpc) is 2.79. The maximum absolute atomic E-state index is 12.5. The average molecular weight is 439 g/mol. The number of carbonyl (C=O) groups excluding carboxylic acids is 1. The number of nitrogens with zero attached hydrogens (tertiary/aromatic N) is 5. The lowest BCUT2D eigenvalue weighted by Crippen LogP contribution is -2.50. The molecule has 1 N–H and O–H groups in total. The number of halogens is 1. The molecule has 3 aromatic rings. The predicted octanol–water partition coefficient (Wildman–Crippen LogP) is 3.30. The molecular weight excluding hydrogens is 416 g/mol. The van der Waals surface area contributed by atoms with Crippen LogP contribution in [0.25, 0.3) is 0 Å². The maximum Gasteiger partial charge on any atom is 0.260 e. The summed E-state index contributed by atoms with van der Waals surface area (Å²) < 4.78 is 5.57. The molecule has 0 aliphatic carbocycles. The number of ether oxygens (including phenoxy) is 1. The van der Waals surface area contributed by atoms with Crippen molar-refractivity contribution in [2.75, 3.05) is 43.0 Å². The minimum atomic E-state index is -0.0369. The second-order valence-electron chi connectivity index (χ2n) is 7.22. The van der Waals surface area contributed by atoms with Crippen molar-refractivity contribution in [1.29, 1.82) is 0 Å². The molecule has 3 heterocycles. The molecule has 1 fully saturated rings. The van der Waals surface area contributed by atoms with Gasteiger partial charge in [0.25, 0.3) is 5.91 Å². The number of anilines is 3. The standard InChI is InChI=1S/C22H23ClN6O2/c1-16-6-7-24-19(12-16)27-20-13-21(26-15-25-20)28-8-10-29(11-9-28)22(30)14-31-18-4-2-17(23)3-5-18/h2-7,12-13,15H,8-11,14H2,1H3,(H,24,25,26,27). The fourth-order valence-corrected chi connectivity index (χ4v) is 3.40. The molecule has 1 aliphatic rings. The smallest absolute Gasteiger partial charge is 0.260 e. The van der Waals surface area contributed by atoms with Crippen LogP contribution < -0.4 is 15.0 Å². The molecule has 0 saturated carbocycles. The third-order valence-corrected chi connectivity index (χ3v) is 5.21. The zero-order valence-electron chi connectivity index (χ0n) is 17.2. The second kappa shape index (κ2) is 9.61. The maximum atomic E-state index is 12.5. The van der Waals surface area contributed by atoms with Crippen LogP contribution >= 0.6 is 11.6 Å². The lowest BCUT2D eigenvalue weighted by atomic mass is 10.3. The Morgan fingerprint density at radius 3 is 2.52 bits per heavy atom. The van der Waals surface area contributed by atoms with E-state index in [4.69, 9.17) is 16.3 Å². The van der Waals surface area contributed by atoms with Crippen molar-refractivity contribution >= 4 is 35.0 Å². The normalized spacial score (nSPS) is 13.7. The van der Waals surface area contributed by atoms with Gasteiger partial charge >= 0.3 is 0 Å². The molecule has 9 heteroatoms. The van der Waals surface area contributed by atoms with E-state index in [-0.39, 0.29) is 12.5 Å². The second-order valence-corrected chi connectivity index (χ2v) is 7.65. The molecule has 4 rings (SSSR count). The Hall–Kier alpha value is -3.39. The number of amides is 1. The van der Waals surface area contributed by atoms with Crippen molar-refractivity contribution < 1.29 is 9.53 Å². The van der Waals surface area contributed by atoms with E-state index in [0.717, 1.165) is 17.2 Å². The van der Waals surface area contributed by atoms with E-state index >= 15 is 0 Å². The Bertz CT molecular complexity index is 1040. The van der Waals surface area contributed by atoms with Crippen LogP contribution in [-0.2, 0) is 4.79 Å². The van der Waals surface area contributed by atoms with Crippen LogP contribution in [0.4, 0.5) is 17.5 Å². The fourth-order valence-electron chi connectivity index (χ4n) is 3.28. The Kier molecular flexibility index (Phi) is 6.47. The lowest BCUT2D eigenvalue weighted by molar-refractivity contribution is -0.133. The van der Waals surface area contributed by atoms with Gasteiger partial charge in [0, 0.05) is 43.5 Å². The molecule has 0 bridgehead atoms. The predicted molar refractivity (Wildman–Crippen MR) is 120 cm³/mol. The van der Waals surface area contributed by atoms with Gasteiger partial charge in [0.15, 0.2) is 6.61 Å². The van der Waals surface area contributed by atoms with E-state index in [0.29, 0.717) is 42.8 Å². The highest BCUT2D eigenvalue weighted by atomic mass is 35.5. The molecule has 0 atom stereocenters. The first-order valence-corrected chi connectivity index (χ1v) is 10.4. The highest BCUT2D eigenvalue weighted by Crippen LogP contribution is 2.20. The van der Waals surface area contributed by atoms with Crippen LogP contribution in [0.5, 0.6) is 5.75 Å². The summed E-state index contributed by atoms with van der Waals surface area (Å²) >= 11 is 5.87. The molecule has 1 aliphatic heterocycles. The molecule has 160 valence electrons. The number of rotatable bonds is 6. The number of benzene rings is 1. The molecule has 1 aromatic carbocycles. The van der Waals surface area contributed by atoms with Crippen molar-refractivity contribution in [1.82, 2.24) is 19.9 Å². The molecule has 1 saturated heterocycles. The van der Waals surface area contributed by atoms with Crippen LogP contribution in [0.1, 0.15) is 5.56 Å². The Morgan fingerprint density at radius 1 is 1.03 bits per heavy atom. The minimum Gasteiger partial charge on any atom is -0.484 e. The topological polar surface area (TPSA) is 83.5 Å². The summed E-state index contributed by atoms with van der Waals surface area (Å²) in [4.78, 5) is 29.4. The first-order chi connectivity index (χ1) is 15.1. The third kappa shape index (κ3) is 5.61. The highest BCUT2D eigenvalue weighted by molar-refractivity contribution is 6.30. The van der Waals surface area contributed by atoms with Crippen LogP contribution in [0.3, 0.4) is 0 Å². The molecule has 1 amide bonds. The zero-order chi connectivity index (χ0) is 21.6. The van der Waals surface area contributed by atoms with Gasteiger partial charge < -0.3 is 19.9 Å². The van der Waals surface area contributed by atoms with Crippen molar-refractivity contribution in [2.45, 2.75) is 6.92 Å². The number of hydrogen-bond donors (Lipinski definition) is 1. The van der Waals surface area contributed by atoms with Crippen LogP contribution in [0.15, 0.2) is 55.0 Å². The van der Waals surface area contributed by atoms with Crippen molar-refractivity contribution in [2.24, 2.45) is 0 Å². The number of pyridine rings is 1. The molecule has 0 unspecified atom stereocenters. The van der Waals surface area contributed by atoms with Gasteiger partial charge in [0.1, 0.15) is 29.5 Å². The summed E-state index contributed by atoms with van der Waals surface area (Å²) in [5, 5.41) is 3.84. The number of aryl methyl sites for hydroxylation is 1. The van der Waals surface area contributed by atoms with Gasteiger partial charge in [0.05, 0.1) is 0 Å². The third-order valence-electron chi connectivity index (χ3n) is 4.96. The first-order valence-electron chi connectivity index (χ1n) is 10.00. The molecule has 31 heavy (non-hydrogen) atoms. The molecular formula is C22H23ClN6O2. The van der Waals surface area contributed by atoms with Gasteiger partial charge in [-0.3, -0.25) is 4.79 Å². The van der Waals surface area contributed by atoms with E-state index < -0.39 is 0 Å². The summed E-state index contributed by atoms with van der Waals surface area (Å²) in [6.45, 7) is 4.61. The van der Waals surface area contributed by atoms with Gasteiger partial charge in [-0.1, -0.05) is 11.6 Å². The number of carbonyl (C=O) groups is 1. The zero-order valence-corrected chi connectivity index (χ0v) is 17.9. The fraction of sp³-hybridized carbons (Fsp3) is 0.273. The SMILES string of the molecule is Cc1ccnc(Nc2cc(N3CCN(C(=O)COc4ccc(Cl)cc4)CC3)ncn2)c1. The van der Waals surface area contributed by atoms with Gasteiger partial charge in [0.2, 0.25) is 0 Å². The van der Waals surface area contributed by atoms with Crippen molar-refractivity contribution in [3.05, 3.63) is 65.6 Å². The van der Waals surface area contributed by atoms with Crippen LogP contribution in [0, 0.1) is 6.92 Å². The van der Waals surface area contributed by atoms with Gasteiger partial charge in [-0.2, -0.15) is 0 Å². The number of piperazine rings is 1. The monoisotopic (exact) mass is 438 g/mol. The minimum absolute atomic E-state index is 0.00665. The number of aromatic nitrogens is 3. The van der Waals surface area contributed by atoms with E-state index in [9.17, 15) is 4.79 Å². The van der Waals surface area contributed by atoms with Gasteiger partial charge in [-0.15, -0.1) is 0 Å². The summed E-state index contributed by atoms with van der Waals surface area (Å²) in [6, 6.07) is 12.8. The summed E-state index contributed by atoms with van der Waals surface area (Å²) in [7, 11) is 0. The van der Waals surface area contributed by atoms with E-state index in [1.807, 2.05) is 30.0 Å². The van der Waals surface area contributed by atoms with Crippen LogP contribution in [-0.4, -0.2) is 58.5 Å². The molecule has 2 aromatic heterocycles. The molecule has 8 nitrogen and oxygen atoms in total.